The molecule has 0 aromatic carbocycles. The van der Waals surface area contributed by atoms with Gasteiger partial charge in [-0.2, -0.15) is 0 Å². The van der Waals surface area contributed by atoms with Gasteiger partial charge in [-0.05, 0) is 30.9 Å². The molecule has 0 aliphatic rings. The fourth-order valence-electron chi connectivity index (χ4n) is 2.36. The zero-order valence-electron chi connectivity index (χ0n) is 12.2. The lowest BCUT2D eigenvalue weighted by atomic mass is 9.96. The Morgan fingerprint density at radius 3 is 2.50 bits per heavy atom. The van der Waals surface area contributed by atoms with Crippen LogP contribution in [0, 0.1) is 5.92 Å². The van der Waals surface area contributed by atoms with Crippen LogP contribution in [0.1, 0.15) is 70.9 Å². The molecule has 1 aromatic heterocycles. The molecule has 0 spiro atoms. The first-order valence-electron chi connectivity index (χ1n) is 7.72. The third-order valence-electron chi connectivity index (χ3n) is 3.67. The largest absolute Gasteiger partial charge is 0.261 e. The van der Waals surface area contributed by atoms with Crippen LogP contribution in [0.5, 0.6) is 0 Å². The van der Waals surface area contributed by atoms with Crippen molar-refractivity contribution in [3.8, 4) is 0 Å². The predicted octanol–water partition coefficient (Wildman–Crippen LogP) is 5.40. The monoisotopic (exact) mass is 247 g/mol. The molecule has 0 aliphatic heterocycles. The van der Waals surface area contributed by atoms with Crippen molar-refractivity contribution in [3.05, 3.63) is 30.1 Å². The van der Waals surface area contributed by atoms with Gasteiger partial charge in [0.25, 0.3) is 0 Å². The Balaban J connectivity index is 1.99. The van der Waals surface area contributed by atoms with Crippen LogP contribution in [0.15, 0.2) is 24.4 Å². The summed E-state index contributed by atoms with van der Waals surface area (Å²) in [6.07, 6.45) is 14.2. The minimum absolute atomic E-state index is 0.846. The van der Waals surface area contributed by atoms with Gasteiger partial charge in [-0.25, -0.2) is 0 Å². The van der Waals surface area contributed by atoms with E-state index in [4.69, 9.17) is 0 Å². The summed E-state index contributed by atoms with van der Waals surface area (Å²) in [7, 11) is 0. The van der Waals surface area contributed by atoms with Gasteiger partial charge in [0.2, 0.25) is 0 Å². The quantitative estimate of drug-likeness (QED) is 0.504. The van der Waals surface area contributed by atoms with Crippen LogP contribution in [0.25, 0.3) is 0 Å². The molecule has 1 heterocycles. The van der Waals surface area contributed by atoms with Gasteiger partial charge < -0.3 is 0 Å². The summed E-state index contributed by atoms with van der Waals surface area (Å²) in [5.41, 5.74) is 1.24. The first kappa shape index (κ1) is 15.2. The fourth-order valence-corrected chi connectivity index (χ4v) is 2.36. The van der Waals surface area contributed by atoms with E-state index in [-0.39, 0.29) is 0 Å². The number of hydrogen-bond donors (Lipinski definition) is 0. The molecule has 0 fully saturated rings. The second-order valence-electron chi connectivity index (χ2n) is 5.52. The maximum Gasteiger partial charge on any atom is 0.0403 e. The van der Waals surface area contributed by atoms with Crippen molar-refractivity contribution >= 4 is 0 Å². The van der Waals surface area contributed by atoms with Crippen LogP contribution in [-0.2, 0) is 6.42 Å². The van der Waals surface area contributed by atoms with Crippen molar-refractivity contribution < 1.29 is 0 Å². The van der Waals surface area contributed by atoms with Gasteiger partial charge in [0, 0.05) is 11.9 Å². The van der Waals surface area contributed by atoms with Crippen LogP contribution < -0.4 is 0 Å². The van der Waals surface area contributed by atoms with E-state index in [2.05, 4.69) is 31.0 Å². The summed E-state index contributed by atoms with van der Waals surface area (Å²) in [4.78, 5) is 4.38. The summed E-state index contributed by atoms with van der Waals surface area (Å²) in [5.74, 6) is 0.846. The van der Waals surface area contributed by atoms with Crippen LogP contribution in [0.4, 0.5) is 0 Å². The maximum atomic E-state index is 4.38. The summed E-state index contributed by atoms with van der Waals surface area (Å²) in [5, 5.41) is 0. The molecule has 1 nitrogen and oxygen atoms in total. The number of aryl methyl sites for hydroxylation is 1. The Morgan fingerprint density at radius 1 is 1.00 bits per heavy atom. The molecular formula is C17H29N. The van der Waals surface area contributed by atoms with E-state index in [9.17, 15) is 0 Å². The van der Waals surface area contributed by atoms with Crippen molar-refractivity contribution in [2.24, 2.45) is 5.92 Å². The van der Waals surface area contributed by atoms with E-state index in [0.29, 0.717) is 0 Å². The molecule has 0 bridgehead atoms. The average molecular weight is 247 g/mol. The first-order valence-corrected chi connectivity index (χ1v) is 7.72. The van der Waals surface area contributed by atoms with Crippen molar-refractivity contribution in [2.75, 3.05) is 0 Å². The molecule has 0 amide bonds. The molecule has 0 aliphatic carbocycles. The van der Waals surface area contributed by atoms with Crippen LogP contribution in [0.3, 0.4) is 0 Å². The van der Waals surface area contributed by atoms with Gasteiger partial charge in [-0.1, -0.05) is 64.9 Å². The molecule has 0 saturated carbocycles. The maximum absolute atomic E-state index is 4.38. The zero-order chi connectivity index (χ0) is 13.1. The first-order chi connectivity index (χ1) is 8.83. The highest BCUT2D eigenvalue weighted by Gasteiger charge is 2.03. The summed E-state index contributed by atoms with van der Waals surface area (Å²) in [6.45, 7) is 4.66. The fraction of sp³-hybridized carbons (Fsp3) is 0.706. The zero-order valence-corrected chi connectivity index (χ0v) is 12.2. The highest BCUT2D eigenvalue weighted by Crippen LogP contribution is 2.16. The van der Waals surface area contributed by atoms with Gasteiger partial charge in [0.15, 0.2) is 0 Å². The van der Waals surface area contributed by atoms with E-state index in [1.54, 1.807) is 0 Å². The topological polar surface area (TPSA) is 12.9 Å². The third-order valence-corrected chi connectivity index (χ3v) is 3.67. The summed E-state index contributed by atoms with van der Waals surface area (Å²) >= 11 is 0. The average Bonchev–Trinajstić information content (AvgIpc) is 2.41. The normalized spacial score (nSPS) is 12.6. The van der Waals surface area contributed by atoms with Crippen LogP contribution >= 0.6 is 0 Å². The van der Waals surface area contributed by atoms with Crippen LogP contribution in [0.2, 0.25) is 0 Å². The number of nitrogens with zero attached hydrogens (tertiary/aromatic N) is 1. The lowest BCUT2D eigenvalue weighted by molar-refractivity contribution is 0.454. The van der Waals surface area contributed by atoms with Gasteiger partial charge in [0.1, 0.15) is 0 Å². The van der Waals surface area contributed by atoms with E-state index in [1.807, 2.05) is 12.3 Å². The van der Waals surface area contributed by atoms with Gasteiger partial charge in [-0.15, -0.1) is 0 Å². The minimum atomic E-state index is 0.846. The third kappa shape index (κ3) is 7.47. The molecular weight excluding hydrogens is 218 g/mol. The molecule has 1 heteroatoms. The smallest absolute Gasteiger partial charge is 0.0403 e. The second kappa shape index (κ2) is 10.1. The molecule has 0 N–H and O–H groups in total. The van der Waals surface area contributed by atoms with Crippen LogP contribution in [-0.4, -0.2) is 4.98 Å². The summed E-state index contributed by atoms with van der Waals surface area (Å²) < 4.78 is 0. The number of aromatic nitrogens is 1. The van der Waals surface area contributed by atoms with E-state index < -0.39 is 0 Å². The molecule has 18 heavy (non-hydrogen) atoms. The van der Waals surface area contributed by atoms with Gasteiger partial charge in [0.05, 0.1) is 0 Å². The second-order valence-corrected chi connectivity index (χ2v) is 5.52. The summed E-state index contributed by atoms with van der Waals surface area (Å²) in [6, 6.07) is 6.21. The standard InChI is InChI=1S/C17H29N/c1-3-4-5-6-7-8-11-16(2)13-14-17-12-9-10-15-18-17/h9-10,12,15-16H,3-8,11,13-14H2,1-2H3. The Hall–Kier alpha value is -0.850. The lowest BCUT2D eigenvalue weighted by Gasteiger charge is -2.10. The molecule has 0 radical (unpaired) electrons. The van der Waals surface area contributed by atoms with Gasteiger partial charge >= 0.3 is 0 Å². The minimum Gasteiger partial charge on any atom is -0.261 e. The number of pyridine rings is 1. The molecule has 1 rings (SSSR count). The molecule has 1 aromatic rings. The highest BCUT2D eigenvalue weighted by atomic mass is 14.7. The molecule has 102 valence electrons. The van der Waals surface area contributed by atoms with E-state index in [0.717, 1.165) is 12.3 Å². The van der Waals surface area contributed by atoms with Crippen molar-refractivity contribution in [2.45, 2.75) is 71.6 Å². The predicted molar refractivity (Wildman–Crippen MR) is 79.7 cm³/mol. The molecule has 1 unspecified atom stereocenters. The SMILES string of the molecule is CCCCCCCCC(C)CCc1ccccn1. The van der Waals surface area contributed by atoms with Gasteiger partial charge in [-0.3, -0.25) is 4.98 Å². The molecule has 0 saturated heterocycles. The number of unbranched alkanes of at least 4 members (excludes halogenated alkanes) is 5. The van der Waals surface area contributed by atoms with Crippen molar-refractivity contribution in [1.82, 2.24) is 4.98 Å². The number of hydrogen-bond acceptors (Lipinski definition) is 1. The Kier molecular flexibility index (Phi) is 8.54. The Morgan fingerprint density at radius 2 is 1.78 bits per heavy atom. The molecule has 1 atom stereocenters. The lowest BCUT2D eigenvalue weighted by Crippen LogP contribution is -1.99. The number of rotatable bonds is 10. The Labute approximate surface area is 113 Å². The van der Waals surface area contributed by atoms with E-state index >= 15 is 0 Å². The highest BCUT2D eigenvalue weighted by molar-refractivity contribution is 5.03. The van der Waals surface area contributed by atoms with Crippen molar-refractivity contribution in [1.29, 1.82) is 0 Å². The van der Waals surface area contributed by atoms with E-state index in [1.165, 1.54) is 57.1 Å². The van der Waals surface area contributed by atoms with Crippen molar-refractivity contribution in [3.63, 3.8) is 0 Å². The Bertz CT molecular complexity index is 281.